The van der Waals surface area contributed by atoms with Crippen LogP contribution in [-0.2, 0) is 0 Å². The van der Waals surface area contributed by atoms with Crippen molar-refractivity contribution in [3.8, 4) is 0 Å². The Kier molecular flexibility index (Phi) is 3.31. The van der Waals surface area contributed by atoms with Gasteiger partial charge in [-0.2, -0.15) is 0 Å². The lowest BCUT2D eigenvalue weighted by Crippen LogP contribution is -2.40. The third kappa shape index (κ3) is 2.45. The fourth-order valence-corrected chi connectivity index (χ4v) is 1.40. The largest absolute Gasteiger partial charge is 0.286 e. The number of nitrogens with zero attached hydrogens (tertiary/aromatic N) is 2. The molecule has 4 heteroatoms. The van der Waals surface area contributed by atoms with E-state index in [1.807, 2.05) is 13.1 Å². The average molecular weight is 182 g/mol. The van der Waals surface area contributed by atoms with Gasteiger partial charge in [0.25, 0.3) is 0 Å². The molecule has 1 rings (SSSR count). The van der Waals surface area contributed by atoms with Crippen LogP contribution in [0.15, 0.2) is 17.8 Å². The molecular weight excluding hydrogens is 164 g/mol. The minimum absolute atomic E-state index is 0.426. The minimum atomic E-state index is 0.426. The van der Waals surface area contributed by atoms with E-state index in [4.69, 9.17) is 0 Å². The fraction of sp³-hybridized carbons (Fsp3) is 0.667. The minimum Gasteiger partial charge on any atom is -0.286 e. The Hall–Kier alpha value is -1.03. The topological polar surface area (TPSA) is 39.7 Å². The van der Waals surface area contributed by atoms with Crippen LogP contribution in [0.1, 0.15) is 20.3 Å². The Balaban J connectivity index is 2.59. The van der Waals surface area contributed by atoms with Gasteiger partial charge in [-0.15, -0.1) is 16.8 Å². The maximum atomic E-state index is 4.19. The van der Waals surface area contributed by atoms with Gasteiger partial charge < -0.3 is 0 Å². The van der Waals surface area contributed by atoms with Gasteiger partial charge in [0.1, 0.15) is 5.84 Å². The first-order chi connectivity index (χ1) is 6.15. The van der Waals surface area contributed by atoms with Gasteiger partial charge in [0, 0.05) is 13.0 Å². The first kappa shape index (κ1) is 10.1. The van der Waals surface area contributed by atoms with Gasteiger partial charge >= 0.3 is 0 Å². The number of hydrogen-bond acceptors (Lipinski definition) is 4. The van der Waals surface area contributed by atoms with Crippen LogP contribution in [0.4, 0.5) is 0 Å². The summed E-state index contributed by atoms with van der Waals surface area (Å²) in [4.78, 5) is 0. The number of hydrazine groups is 2. The Bertz CT molecular complexity index is 210. The fourth-order valence-electron chi connectivity index (χ4n) is 1.40. The highest BCUT2D eigenvalue weighted by Gasteiger charge is 2.22. The Labute approximate surface area is 79.6 Å². The van der Waals surface area contributed by atoms with Crippen molar-refractivity contribution in [1.29, 1.82) is 0 Å². The van der Waals surface area contributed by atoms with Gasteiger partial charge in [-0.1, -0.05) is 19.9 Å². The van der Waals surface area contributed by atoms with Crippen molar-refractivity contribution in [3.05, 3.63) is 12.7 Å². The van der Waals surface area contributed by atoms with Gasteiger partial charge in [0.2, 0.25) is 0 Å². The Morgan fingerprint density at radius 1 is 1.62 bits per heavy atom. The molecule has 0 amide bonds. The molecule has 0 unspecified atom stereocenters. The summed E-state index contributed by atoms with van der Waals surface area (Å²) in [6, 6.07) is 0. The number of rotatable bonds is 4. The van der Waals surface area contributed by atoms with Gasteiger partial charge in [0.05, 0.1) is 0 Å². The molecule has 0 fully saturated rings. The van der Waals surface area contributed by atoms with Crippen LogP contribution in [0.25, 0.3) is 0 Å². The predicted octanol–water partition coefficient (Wildman–Crippen LogP) is 1.10. The molecule has 0 aliphatic carbocycles. The smallest absolute Gasteiger partial charge is 0.143 e. The SMILES string of the molecule is C=CC[C@@H](C1=NNN(C)N1)C(C)C. The van der Waals surface area contributed by atoms with Gasteiger partial charge in [-0.05, 0) is 12.3 Å². The van der Waals surface area contributed by atoms with E-state index in [1.54, 1.807) is 5.12 Å². The van der Waals surface area contributed by atoms with E-state index in [9.17, 15) is 0 Å². The summed E-state index contributed by atoms with van der Waals surface area (Å²) in [6.45, 7) is 8.14. The zero-order valence-corrected chi connectivity index (χ0v) is 8.54. The summed E-state index contributed by atoms with van der Waals surface area (Å²) < 4.78 is 0. The van der Waals surface area contributed by atoms with Crippen LogP contribution < -0.4 is 11.0 Å². The molecule has 0 aromatic heterocycles. The molecule has 0 saturated heterocycles. The molecule has 0 spiro atoms. The monoisotopic (exact) mass is 182 g/mol. The Morgan fingerprint density at radius 2 is 2.31 bits per heavy atom. The molecular formula is C9H18N4. The number of hydrazone groups is 1. The molecule has 4 nitrogen and oxygen atoms in total. The summed E-state index contributed by atoms with van der Waals surface area (Å²) in [6.07, 6.45) is 2.90. The second-order valence-corrected chi connectivity index (χ2v) is 3.64. The molecule has 1 aliphatic rings. The van der Waals surface area contributed by atoms with Crippen molar-refractivity contribution in [2.24, 2.45) is 16.9 Å². The second kappa shape index (κ2) is 4.28. The highest BCUT2D eigenvalue weighted by Crippen LogP contribution is 2.17. The molecule has 13 heavy (non-hydrogen) atoms. The quantitative estimate of drug-likeness (QED) is 0.640. The van der Waals surface area contributed by atoms with E-state index >= 15 is 0 Å². The van der Waals surface area contributed by atoms with Crippen LogP contribution >= 0.6 is 0 Å². The maximum Gasteiger partial charge on any atom is 0.143 e. The molecule has 1 aliphatic heterocycles. The van der Waals surface area contributed by atoms with Crippen molar-refractivity contribution < 1.29 is 0 Å². The summed E-state index contributed by atoms with van der Waals surface area (Å²) >= 11 is 0. The van der Waals surface area contributed by atoms with Crippen LogP contribution in [0.5, 0.6) is 0 Å². The van der Waals surface area contributed by atoms with Crippen LogP contribution in [0.2, 0.25) is 0 Å². The summed E-state index contributed by atoms with van der Waals surface area (Å²) in [5.41, 5.74) is 5.98. The molecule has 0 aromatic rings. The molecule has 0 aromatic carbocycles. The lowest BCUT2D eigenvalue weighted by molar-refractivity contribution is 0.228. The van der Waals surface area contributed by atoms with E-state index < -0.39 is 0 Å². The molecule has 0 radical (unpaired) electrons. The summed E-state index contributed by atoms with van der Waals surface area (Å²) in [7, 11) is 1.89. The van der Waals surface area contributed by atoms with Crippen molar-refractivity contribution in [3.63, 3.8) is 0 Å². The molecule has 0 saturated carbocycles. The van der Waals surface area contributed by atoms with E-state index in [0.717, 1.165) is 12.3 Å². The lowest BCUT2D eigenvalue weighted by Gasteiger charge is -2.19. The average Bonchev–Trinajstić information content (AvgIpc) is 2.46. The van der Waals surface area contributed by atoms with Crippen molar-refractivity contribution in [2.45, 2.75) is 20.3 Å². The van der Waals surface area contributed by atoms with E-state index in [-0.39, 0.29) is 0 Å². The van der Waals surface area contributed by atoms with Gasteiger partial charge in [-0.25, -0.2) is 5.53 Å². The van der Waals surface area contributed by atoms with Crippen molar-refractivity contribution in [2.75, 3.05) is 7.05 Å². The first-order valence-electron chi connectivity index (χ1n) is 4.59. The molecule has 0 bridgehead atoms. The highest BCUT2D eigenvalue weighted by molar-refractivity contribution is 5.85. The Morgan fingerprint density at radius 3 is 2.69 bits per heavy atom. The summed E-state index contributed by atoms with van der Waals surface area (Å²) in [5, 5.41) is 5.93. The van der Waals surface area contributed by atoms with Gasteiger partial charge in [-0.3, -0.25) is 5.43 Å². The van der Waals surface area contributed by atoms with E-state index in [2.05, 4.69) is 36.5 Å². The maximum absolute atomic E-state index is 4.19. The normalized spacial score (nSPS) is 19.2. The standard InChI is InChI=1S/C9H18N4/c1-5-6-8(7(2)3)9-10-12-13(4)11-9/h5,7-8,12H,1,6H2,2-4H3,(H,10,11)/t8-/m1/s1. The number of amidine groups is 1. The van der Waals surface area contributed by atoms with Crippen molar-refractivity contribution in [1.82, 2.24) is 16.1 Å². The number of allylic oxidation sites excluding steroid dienone is 1. The van der Waals surface area contributed by atoms with Crippen molar-refractivity contribution >= 4 is 5.84 Å². The van der Waals surface area contributed by atoms with Gasteiger partial charge in [0.15, 0.2) is 0 Å². The van der Waals surface area contributed by atoms with E-state index in [1.165, 1.54) is 0 Å². The zero-order chi connectivity index (χ0) is 9.84. The molecule has 1 heterocycles. The molecule has 1 atom stereocenters. The predicted molar refractivity (Wildman–Crippen MR) is 54.6 cm³/mol. The second-order valence-electron chi connectivity index (χ2n) is 3.64. The third-order valence-corrected chi connectivity index (χ3v) is 2.18. The summed E-state index contributed by atoms with van der Waals surface area (Å²) in [5.74, 6) is 1.99. The van der Waals surface area contributed by atoms with Crippen LogP contribution in [-0.4, -0.2) is 18.0 Å². The van der Waals surface area contributed by atoms with Crippen LogP contribution in [0.3, 0.4) is 0 Å². The number of nitrogens with one attached hydrogen (secondary N) is 2. The van der Waals surface area contributed by atoms with E-state index in [0.29, 0.717) is 11.8 Å². The molecule has 2 N–H and O–H groups in total. The van der Waals surface area contributed by atoms with Crippen LogP contribution in [0, 0.1) is 11.8 Å². The highest BCUT2D eigenvalue weighted by atomic mass is 15.9. The first-order valence-corrected chi connectivity index (χ1v) is 4.59. The number of hydrogen-bond donors (Lipinski definition) is 2. The third-order valence-electron chi connectivity index (χ3n) is 2.18. The zero-order valence-electron chi connectivity index (χ0n) is 8.54. The molecule has 74 valence electrons. The lowest BCUT2D eigenvalue weighted by atomic mass is 9.91.